The Bertz CT molecular complexity index is 565. The van der Waals surface area contributed by atoms with Crippen LogP contribution >= 0.6 is 0 Å². The molecule has 0 saturated carbocycles. The molecule has 1 aliphatic heterocycles. The van der Waals surface area contributed by atoms with Crippen LogP contribution in [0, 0.1) is 5.82 Å². The van der Waals surface area contributed by atoms with Gasteiger partial charge in [0.25, 0.3) is 0 Å². The first-order valence-corrected chi connectivity index (χ1v) is 7.19. The fraction of sp³-hybridized carbons (Fsp3) is 0.467. The molecule has 0 bridgehead atoms. The second kappa shape index (κ2) is 7.89. The summed E-state index contributed by atoms with van der Waals surface area (Å²) in [4.78, 5) is 25.3. The third-order valence-corrected chi connectivity index (χ3v) is 3.54. The number of rotatable bonds is 6. The fourth-order valence-electron chi connectivity index (χ4n) is 2.37. The molecular weight excluding hydrogens is 305 g/mol. The zero-order valence-corrected chi connectivity index (χ0v) is 13.0. The zero-order valence-electron chi connectivity index (χ0n) is 13.0. The highest BCUT2D eigenvalue weighted by molar-refractivity contribution is 5.96. The number of hydrogen-bond donors (Lipinski definition) is 2. The first kappa shape index (κ1) is 17.2. The predicted molar refractivity (Wildman–Crippen MR) is 81.5 cm³/mol. The Hall–Kier alpha value is -2.19. The number of hydrogen-bond acceptors (Lipinski definition) is 4. The minimum absolute atomic E-state index is 0.160. The van der Waals surface area contributed by atoms with Crippen molar-refractivity contribution in [3.63, 3.8) is 0 Å². The summed E-state index contributed by atoms with van der Waals surface area (Å²) < 4.78 is 23.2. The van der Waals surface area contributed by atoms with E-state index in [1.807, 2.05) is 0 Å². The molecule has 8 heteroatoms. The Balaban J connectivity index is 1.86. The van der Waals surface area contributed by atoms with Crippen molar-refractivity contribution in [1.82, 2.24) is 10.6 Å². The fourth-order valence-corrected chi connectivity index (χ4v) is 2.37. The zero-order chi connectivity index (χ0) is 16.8. The van der Waals surface area contributed by atoms with Crippen LogP contribution in [0.15, 0.2) is 24.3 Å². The molecule has 7 nitrogen and oxygen atoms in total. The Morgan fingerprint density at radius 2 is 2.17 bits per heavy atom. The molecule has 1 heterocycles. The van der Waals surface area contributed by atoms with Gasteiger partial charge >= 0.3 is 6.03 Å². The predicted octanol–water partition coefficient (Wildman–Crippen LogP) is 0.849. The van der Waals surface area contributed by atoms with Gasteiger partial charge in [-0.3, -0.25) is 4.79 Å². The molecule has 0 unspecified atom stereocenters. The summed E-state index contributed by atoms with van der Waals surface area (Å²) in [7, 11) is 2.94. The van der Waals surface area contributed by atoms with Crippen LogP contribution in [0.2, 0.25) is 0 Å². The van der Waals surface area contributed by atoms with E-state index in [0.29, 0.717) is 12.2 Å². The normalized spacial score (nSPS) is 17.7. The molecule has 1 aliphatic rings. The third kappa shape index (κ3) is 4.64. The summed E-state index contributed by atoms with van der Waals surface area (Å²) in [5.74, 6) is -0.567. The monoisotopic (exact) mass is 325 g/mol. The molecule has 1 saturated heterocycles. The first-order valence-electron chi connectivity index (χ1n) is 7.19. The molecule has 0 spiro atoms. The second-order valence-corrected chi connectivity index (χ2v) is 5.14. The number of amides is 3. The van der Waals surface area contributed by atoms with E-state index >= 15 is 0 Å². The van der Waals surface area contributed by atoms with Gasteiger partial charge in [-0.1, -0.05) is 6.07 Å². The van der Waals surface area contributed by atoms with E-state index in [2.05, 4.69) is 10.6 Å². The Morgan fingerprint density at radius 1 is 1.43 bits per heavy atom. The highest BCUT2D eigenvalue weighted by Crippen LogP contribution is 2.22. The number of carbonyl (C=O) groups excluding carboxylic acids is 2. The van der Waals surface area contributed by atoms with Crippen molar-refractivity contribution in [3.05, 3.63) is 30.1 Å². The maximum atomic E-state index is 13.3. The summed E-state index contributed by atoms with van der Waals surface area (Å²) in [6, 6.07) is 5.06. The van der Waals surface area contributed by atoms with Crippen LogP contribution < -0.4 is 15.5 Å². The molecule has 1 fully saturated rings. The first-order chi connectivity index (χ1) is 11.0. The average Bonchev–Trinajstić information content (AvgIpc) is 2.88. The van der Waals surface area contributed by atoms with Gasteiger partial charge in [0, 0.05) is 32.9 Å². The van der Waals surface area contributed by atoms with Crippen molar-refractivity contribution >= 4 is 17.6 Å². The maximum Gasteiger partial charge on any atom is 0.315 e. The summed E-state index contributed by atoms with van der Waals surface area (Å²) in [5, 5.41) is 5.31. The molecule has 0 aromatic heterocycles. The summed E-state index contributed by atoms with van der Waals surface area (Å²) in [5.41, 5.74) is 0.485. The quantitative estimate of drug-likeness (QED) is 0.760. The number of nitrogens with zero attached hydrogens (tertiary/aromatic N) is 1. The molecular formula is C15H20FN3O4. The van der Waals surface area contributed by atoms with Gasteiger partial charge in [-0.25, -0.2) is 9.18 Å². The van der Waals surface area contributed by atoms with Gasteiger partial charge in [-0.15, -0.1) is 0 Å². The summed E-state index contributed by atoms with van der Waals surface area (Å²) >= 11 is 0. The summed E-state index contributed by atoms with van der Waals surface area (Å²) in [6.45, 7) is 0.487. The smallest absolute Gasteiger partial charge is 0.315 e. The molecule has 1 aromatic carbocycles. The van der Waals surface area contributed by atoms with Crippen LogP contribution in [0.5, 0.6) is 0 Å². The van der Waals surface area contributed by atoms with E-state index in [0.717, 1.165) is 0 Å². The van der Waals surface area contributed by atoms with E-state index in [4.69, 9.17) is 9.47 Å². The highest BCUT2D eigenvalue weighted by atomic mass is 19.1. The Kier molecular flexibility index (Phi) is 5.89. The van der Waals surface area contributed by atoms with E-state index in [1.54, 1.807) is 12.1 Å². The number of halogens is 1. The van der Waals surface area contributed by atoms with Crippen LogP contribution in [0.3, 0.4) is 0 Å². The number of carbonyl (C=O) groups is 2. The highest BCUT2D eigenvalue weighted by Gasteiger charge is 2.31. The third-order valence-electron chi connectivity index (χ3n) is 3.54. The summed E-state index contributed by atoms with van der Waals surface area (Å²) in [6.07, 6.45) is -0.364. The van der Waals surface area contributed by atoms with Crippen LogP contribution in [0.25, 0.3) is 0 Å². The minimum atomic E-state index is -0.533. The van der Waals surface area contributed by atoms with Gasteiger partial charge in [-0.2, -0.15) is 0 Å². The van der Waals surface area contributed by atoms with Crippen LogP contribution in [0.1, 0.15) is 6.42 Å². The molecule has 0 radical (unpaired) electrons. The lowest BCUT2D eigenvalue weighted by Crippen LogP contribution is -2.46. The van der Waals surface area contributed by atoms with Gasteiger partial charge in [0.05, 0.1) is 12.6 Å². The van der Waals surface area contributed by atoms with Crippen molar-refractivity contribution in [2.75, 3.05) is 32.2 Å². The number of ether oxygens (including phenoxy) is 2. The van der Waals surface area contributed by atoms with Crippen molar-refractivity contribution < 1.29 is 23.5 Å². The molecule has 1 atom stereocenters. The van der Waals surface area contributed by atoms with Gasteiger partial charge in [-0.05, 0) is 18.2 Å². The lowest BCUT2D eigenvalue weighted by atomic mass is 10.2. The topological polar surface area (TPSA) is 79.9 Å². The van der Waals surface area contributed by atoms with Crippen molar-refractivity contribution in [3.8, 4) is 0 Å². The molecule has 2 rings (SSSR count). The Labute approximate surface area is 133 Å². The van der Waals surface area contributed by atoms with E-state index in [1.165, 1.54) is 31.3 Å². The van der Waals surface area contributed by atoms with E-state index in [-0.39, 0.29) is 24.9 Å². The number of urea groups is 1. The number of nitrogens with one attached hydrogen (secondary N) is 2. The molecule has 126 valence electrons. The average molecular weight is 325 g/mol. The minimum Gasteiger partial charge on any atom is -0.354 e. The van der Waals surface area contributed by atoms with Gasteiger partial charge in [0.15, 0.2) is 6.29 Å². The number of methoxy groups -OCH3 is 2. The van der Waals surface area contributed by atoms with Crippen molar-refractivity contribution in [2.45, 2.75) is 18.8 Å². The second-order valence-electron chi connectivity index (χ2n) is 5.14. The molecule has 23 heavy (non-hydrogen) atoms. The van der Waals surface area contributed by atoms with Gasteiger partial charge in [0.2, 0.25) is 5.91 Å². The van der Waals surface area contributed by atoms with Crippen LogP contribution in [-0.4, -0.2) is 51.6 Å². The SMILES string of the molecule is COC(CNC(=O)N[C@@H]1CC(=O)N(c2cccc(F)c2)C1)OC. The van der Waals surface area contributed by atoms with Crippen molar-refractivity contribution in [2.24, 2.45) is 0 Å². The van der Waals surface area contributed by atoms with Gasteiger partial charge < -0.3 is 25.0 Å². The molecule has 2 N–H and O–H groups in total. The molecule has 1 aromatic rings. The number of benzene rings is 1. The maximum absolute atomic E-state index is 13.3. The van der Waals surface area contributed by atoms with E-state index in [9.17, 15) is 14.0 Å². The van der Waals surface area contributed by atoms with Crippen molar-refractivity contribution in [1.29, 1.82) is 0 Å². The Morgan fingerprint density at radius 3 is 2.83 bits per heavy atom. The lowest BCUT2D eigenvalue weighted by molar-refractivity contribution is -0.117. The van der Waals surface area contributed by atoms with Gasteiger partial charge in [0.1, 0.15) is 5.82 Å². The largest absolute Gasteiger partial charge is 0.354 e. The lowest BCUT2D eigenvalue weighted by Gasteiger charge is -2.18. The van der Waals surface area contributed by atoms with E-state index < -0.39 is 18.1 Å². The number of anilines is 1. The molecule has 3 amide bonds. The standard InChI is InChI=1S/C15H20FN3O4/c1-22-14(23-2)8-17-15(21)18-11-7-13(20)19(9-11)12-5-3-4-10(16)6-12/h3-6,11,14H,7-9H2,1-2H3,(H2,17,18,21)/t11-/m1/s1. The molecule has 0 aliphatic carbocycles. The van der Waals surface area contributed by atoms with Crippen LogP contribution in [0.4, 0.5) is 14.9 Å². The van der Waals surface area contributed by atoms with Crippen LogP contribution in [-0.2, 0) is 14.3 Å².